The number of carboxylic acid groups (broad SMARTS) is 1. The van der Waals surface area contributed by atoms with Crippen molar-refractivity contribution in [2.24, 2.45) is 0 Å². The van der Waals surface area contributed by atoms with Crippen LogP contribution in [0.1, 0.15) is 11.8 Å². The Labute approximate surface area is 125 Å². The van der Waals surface area contributed by atoms with Gasteiger partial charge in [0.25, 0.3) is 0 Å². The van der Waals surface area contributed by atoms with Crippen molar-refractivity contribution in [1.29, 1.82) is 0 Å². The Morgan fingerprint density at radius 1 is 1.55 bits per heavy atom. The molecule has 1 aliphatic rings. The SMILES string of the molecule is CC1(OCC(=O)O)CN(C(=O)CSCc2cccs2)C1. The number of carboxylic acids is 1. The standard InChI is InChI=1S/C13H17NO4S2/c1-13(18-5-12(16)17)8-14(9-13)11(15)7-19-6-10-3-2-4-20-10/h2-4H,5-9H2,1H3,(H,16,17). The Hall–Kier alpha value is -1.05. The van der Waals surface area contributed by atoms with Crippen molar-refractivity contribution < 1.29 is 19.4 Å². The van der Waals surface area contributed by atoms with Gasteiger partial charge in [-0.1, -0.05) is 6.07 Å². The minimum absolute atomic E-state index is 0.0861. The summed E-state index contributed by atoms with van der Waals surface area (Å²) in [4.78, 5) is 25.3. The average Bonchev–Trinajstić information content (AvgIpc) is 2.86. The second-order valence-electron chi connectivity index (χ2n) is 4.95. The van der Waals surface area contributed by atoms with E-state index in [0.717, 1.165) is 5.75 Å². The fourth-order valence-corrected chi connectivity index (χ4v) is 3.76. The van der Waals surface area contributed by atoms with Crippen molar-refractivity contribution in [3.63, 3.8) is 0 Å². The summed E-state index contributed by atoms with van der Waals surface area (Å²) in [5.74, 6) is 0.405. The number of hydrogen-bond acceptors (Lipinski definition) is 5. The molecule has 0 aromatic carbocycles. The quantitative estimate of drug-likeness (QED) is 0.829. The molecule has 1 aliphatic heterocycles. The highest BCUT2D eigenvalue weighted by molar-refractivity contribution is 7.99. The summed E-state index contributed by atoms with van der Waals surface area (Å²) >= 11 is 3.29. The Balaban J connectivity index is 1.64. The largest absolute Gasteiger partial charge is 0.480 e. The Morgan fingerprint density at radius 3 is 2.90 bits per heavy atom. The van der Waals surface area contributed by atoms with Crippen molar-refractivity contribution in [2.45, 2.75) is 18.3 Å². The number of thioether (sulfide) groups is 1. The van der Waals surface area contributed by atoms with Crippen LogP contribution in [-0.4, -0.2) is 52.9 Å². The number of amides is 1. The van der Waals surface area contributed by atoms with Gasteiger partial charge in [0, 0.05) is 10.6 Å². The lowest BCUT2D eigenvalue weighted by molar-refractivity contribution is -0.171. The minimum Gasteiger partial charge on any atom is -0.480 e. The van der Waals surface area contributed by atoms with Crippen molar-refractivity contribution in [2.75, 3.05) is 25.4 Å². The third kappa shape index (κ3) is 4.22. The maximum Gasteiger partial charge on any atom is 0.329 e. The van der Waals surface area contributed by atoms with E-state index >= 15 is 0 Å². The topological polar surface area (TPSA) is 66.8 Å². The number of rotatable bonds is 7. The van der Waals surface area contributed by atoms with Crippen LogP contribution in [0, 0.1) is 0 Å². The molecule has 0 saturated carbocycles. The van der Waals surface area contributed by atoms with E-state index in [1.165, 1.54) is 4.88 Å². The van der Waals surface area contributed by atoms with Crippen LogP contribution in [0.5, 0.6) is 0 Å². The molecule has 1 amide bonds. The molecule has 2 rings (SSSR count). The number of likely N-dealkylation sites (tertiary alicyclic amines) is 1. The summed E-state index contributed by atoms with van der Waals surface area (Å²) in [5.41, 5.74) is -0.507. The lowest BCUT2D eigenvalue weighted by Gasteiger charge is -2.47. The maximum absolute atomic E-state index is 11.9. The van der Waals surface area contributed by atoms with Gasteiger partial charge in [-0.25, -0.2) is 4.79 Å². The third-order valence-corrected chi connectivity index (χ3v) is 5.02. The van der Waals surface area contributed by atoms with Gasteiger partial charge in [-0.3, -0.25) is 4.79 Å². The van der Waals surface area contributed by atoms with Crippen molar-refractivity contribution in [3.8, 4) is 0 Å². The molecule has 0 bridgehead atoms. The predicted molar refractivity (Wildman–Crippen MR) is 79.1 cm³/mol. The van der Waals surface area contributed by atoms with E-state index in [1.807, 2.05) is 18.4 Å². The summed E-state index contributed by atoms with van der Waals surface area (Å²) in [6, 6.07) is 4.06. The Morgan fingerprint density at radius 2 is 2.30 bits per heavy atom. The molecule has 110 valence electrons. The number of carbonyl (C=O) groups excluding carboxylic acids is 1. The smallest absolute Gasteiger partial charge is 0.329 e. The van der Waals surface area contributed by atoms with Crippen LogP contribution in [0.4, 0.5) is 0 Å². The monoisotopic (exact) mass is 315 g/mol. The summed E-state index contributed by atoms with van der Waals surface area (Å²) in [6.45, 7) is 2.46. The number of ether oxygens (including phenoxy) is 1. The summed E-state index contributed by atoms with van der Waals surface area (Å²) in [6.07, 6.45) is 0. The zero-order chi connectivity index (χ0) is 14.6. The minimum atomic E-state index is -0.984. The highest BCUT2D eigenvalue weighted by Crippen LogP contribution is 2.26. The van der Waals surface area contributed by atoms with Crippen LogP contribution in [0.25, 0.3) is 0 Å². The van der Waals surface area contributed by atoms with Crippen molar-refractivity contribution >= 4 is 35.0 Å². The molecule has 1 saturated heterocycles. The first-order valence-electron chi connectivity index (χ1n) is 6.22. The number of nitrogens with zero attached hydrogens (tertiary/aromatic N) is 1. The summed E-state index contributed by atoms with van der Waals surface area (Å²) in [7, 11) is 0. The molecule has 1 aromatic rings. The third-order valence-electron chi connectivity index (χ3n) is 3.00. The first-order chi connectivity index (χ1) is 9.48. The molecule has 0 aliphatic carbocycles. The molecule has 0 spiro atoms. The predicted octanol–water partition coefficient (Wildman–Crippen LogP) is 1.68. The second-order valence-corrected chi connectivity index (χ2v) is 6.97. The fraction of sp³-hybridized carbons (Fsp3) is 0.538. The second kappa shape index (κ2) is 6.60. The van der Waals surface area contributed by atoms with E-state index < -0.39 is 11.6 Å². The Bertz CT molecular complexity index is 469. The molecule has 0 atom stereocenters. The van der Waals surface area contributed by atoms with Gasteiger partial charge in [-0.15, -0.1) is 23.1 Å². The van der Waals surface area contributed by atoms with E-state index in [1.54, 1.807) is 28.0 Å². The lowest BCUT2D eigenvalue weighted by Crippen LogP contribution is -2.63. The van der Waals surface area contributed by atoms with Crippen LogP contribution in [-0.2, 0) is 20.1 Å². The highest BCUT2D eigenvalue weighted by atomic mass is 32.2. The van der Waals surface area contributed by atoms with Gasteiger partial charge >= 0.3 is 5.97 Å². The van der Waals surface area contributed by atoms with Gasteiger partial charge in [0.2, 0.25) is 5.91 Å². The molecule has 1 N–H and O–H groups in total. The van der Waals surface area contributed by atoms with Crippen molar-refractivity contribution in [1.82, 2.24) is 4.90 Å². The van der Waals surface area contributed by atoms with Gasteiger partial charge in [-0.2, -0.15) is 0 Å². The first-order valence-corrected chi connectivity index (χ1v) is 8.26. The molecule has 20 heavy (non-hydrogen) atoms. The van der Waals surface area contributed by atoms with Crippen LogP contribution >= 0.6 is 23.1 Å². The van der Waals surface area contributed by atoms with Crippen molar-refractivity contribution in [3.05, 3.63) is 22.4 Å². The summed E-state index contributed by atoms with van der Waals surface area (Å²) in [5, 5.41) is 10.6. The van der Waals surface area contributed by atoms with Gasteiger partial charge in [0.05, 0.1) is 18.8 Å². The van der Waals surface area contributed by atoms with Gasteiger partial charge in [0.15, 0.2) is 0 Å². The maximum atomic E-state index is 11.9. The molecular weight excluding hydrogens is 298 g/mol. The van der Waals surface area contributed by atoms with Crippen LogP contribution in [0.15, 0.2) is 17.5 Å². The zero-order valence-corrected chi connectivity index (χ0v) is 12.8. The molecule has 1 fully saturated rings. The Kier molecular flexibility index (Phi) is 5.06. The highest BCUT2D eigenvalue weighted by Gasteiger charge is 2.42. The van der Waals surface area contributed by atoms with Gasteiger partial charge < -0.3 is 14.7 Å². The lowest BCUT2D eigenvalue weighted by atomic mass is 9.96. The van der Waals surface area contributed by atoms with Gasteiger partial charge in [-0.05, 0) is 18.4 Å². The molecule has 5 nitrogen and oxygen atoms in total. The number of aliphatic carboxylic acids is 1. The summed E-state index contributed by atoms with van der Waals surface area (Å²) < 4.78 is 5.27. The molecule has 0 radical (unpaired) electrons. The molecule has 1 aromatic heterocycles. The first kappa shape index (κ1) is 15.3. The molecular formula is C13H17NO4S2. The van der Waals surface area contributed by atoms with E-state index in [9.17, 15) is 9.59 Å². The normalized spacial score (nSPS) is 16.8. The van der Waals surface area contributed by atoms with Gasteiger partial charge in [0.1, 0.15) is 12.2 Å². The number of hydrogen-bond donors (Lipinski definition) is 1. The molecule has 2 heterocycles. The van der Waals surface area contributed by atoms with Crippen LogP contribution < -0.4 is 0 Å². The van der Waals surface area contributed by atoms with E-state index in [-0.39, 0.29) is 12.5 Å². The van der Waals surface area contributed by atoms with E-state index in [4.69, 9.17) is 9.84 Å². The van der Waals surface area contributed by atoms with E-state index in [0.29, 0.717) is 18.8 Å². The van der Waals surface area contributed by atoms with E-state index in [2.05, 4.69) is 6.07 Å². The fourth-order valence-electron chi connectivity index (χ4n) is 1.99. The molecule has 7 heteroatoms. The molecule has 0 unspecified atom stereocenters. The van der Waals surface area contributed by atoms with Crippen LogP contribution in [0.2, 0.25) is 0 Å². The van der Waals surface area contributed by atoms with Crippen LogP contribution in [0.3, 0.4) is 0 Å². The zero-order valence-electron chi connectivity index (χ0n) is 11.2. The average molecular weight is 315 g/mol. The number of carbonyl (C=O) groups is 2. The number of thiophene rings is 1.